The van der Waals surface area contributed by atoms with E-state index in [1.807, 2.05) is 13.8 Å². The first-order valence-electron chi connectivity index (χ1n) is 8.48. The maximum Gasteiger partial charge on any atom is 0.311 e. The normalized spacial score (nSPS) is 19.9. The number of ketones is 1. The number of rotatable bonds is 7. The Bertz CT molecular complexity index is 652. The van der Waals surface area contributed by atoms with Gasteiger partial charge in [-0.1, -0.05) is 13.8 Å². The van der Waals surface area contributed by atoms with Gasteiger partial charge in [0.25, 0.3) is 0 Å². The van der Waals surface area contributed by atoms with E-state index < -0.39 is 11.4 Å². The largest absolute Gasteiger partial charge is 0.497 e. The van der Waals surface area contributed by atoms with Crippen molar-refractivity contribution < 1.29 is 24.2 Å². The van der Waals surface area contributed by atoms with Crippen molar-refractivity contribution in [3.63, 3.8) is 0 Å². The van der Waals surface area contributed by atoms with Gasteiger partial charge >= 0.3 is 5.97 Å². The van der Waals surface area contributed by atoms with Gasteiger partial charge in [0.05, 0.1) is 12.5 Å². The summed E-state index contributed by atoms with van der Waals surface area (Å²) in [5.41, 5.74) is -0.340. The highest BCUT2D eigenvalue weighted by molar-refractivity contribution is 5.98. The first-order chi connectivity index (χ1) is 11.8. The Hall–Kier alpha value is -2.37. The Labute approximate surface area is 147 Å². The molecule has 0 aromatic heterocycles. The van der Waals surface area contributed by atoms with E-state index in [0.717, 1.165) is 0 Å². The highest BCUT2D eigenvalue weighted by Gasteiger charge is 2.48. The van der Waals surface area contributed by atoms with E-state index in [9.17, 15) is 19.5 Å². The van der Waals surface area contributed by atoms with Crippen molar-refractivity contribution in [1.82, 2.24) is 4.90 Å². The summed E-state index contributed by atoms with van der Waals surface area (Å²) in [6.45, 7) is 4.39. The topological polar surface area (TPSA) is 83.9 Å². The van der Waals surface area contributed by atoms with Gasteiger partial charge in [-0.25, -0.2) is 0 Å². The fraction of sp³-hybridized carbons (Fsp3) is 0.526. The third kappa shape index (κ3) is 4.00. The molecule has 6 heteroatoms. The SMILES string of the molecule is COc1ccc(C(=O)CCC(=O)N2CCC(C(=O)O)(C(C)C)C2)cc1. The van der Waals surface area contributed by atoms with E-state index in [-0.39, 0.29) is 37.0 Å². The van der Waals surface area contributed by atoms with E-state index in [0.29, 0.717) is 24.3 Å². The molecule has 0 saturated carbocycles. The van der Waals surface area contributed by atoms with Gasteiger partial charge in [-0.15, -0.1) is 0 Å². The monoisotopic (exact) mass is 347 g/mol. The Balaban J connectivity index is 1.92. The van der Waals surface area contributed by atoms with Gasteiger partial charge in [-0.05, 0) is 36.6 Å². The van der Waals surface area contributed by atoms with Crippen LogP contribution in [0, 0.1) is 11.3 Å². The molecule has 0 bridgehead atoms. The fourth-order valence-electron chi connectivity index (χ4n) is 3.24. The van der Waals surface area contributed by atoms with Crippen LogP contribution in [0.25, 0.3) is 0 Å². The molecular formula is C19H25NO5. The first-order valence-corrected chi connectivity index (χ1v) is 8.48. The minimum Gasteiger partial charge on any atom is -0.497 e. The van der Waals surface area contributed by atoms with Crippen LogP contribution in [0.2, 0.25) is 0 Å². The van der Waals surface area contributed by atoms with E-state index in [1.54, 1.807) is 36.3 Å². The molecule has 0 aliphatic carbocycles. The smallest absolute Gasteiger partial charge is 0.311 e. The minimum absolute atomic E-state index is 0.0521. The molecule has 1 aromatic carbocycles. The number of Topliss-reactive ketones (excluding diaryl/α,β-unsaturated/α-hetero) is 1. The molecule has 6 nitrogen and oxygen atoms in total. The Morgan fingerprint density at radius 1 is 1.20 bits per heavy atom. The second-order valence-corrected chi connectivity index (χ2v) is 6.83. The predicted octanol–water partition coefficient (Wildman–Crippen LogP) is 2.62. The van der Waals surface area contributed by atoms with Crippen molar-refractivity contribution in [2.45, 2.75) is 33.1 Å². The van der Waals surface area contributed by atoms with Gasteiger partial charge in [0.1, 0.15) is 5.75 Å². The van der Waals surface area contributed by atoms with Crippen LogP contribution in [0.1, 0.15) is 43.5 Å². The molecular weight excluding hydrogens is 322 g/mol. The number of hydrogen-bond donors (Lipinski definition) is 1. The van der Waals surface area contributed by atoms with E-state index in [4.69, 9.17) is 4.74 Å². The molecule has 1 fully saturated rings. The number of methoxy groups -OCH3 is 1. The van der Waals surface area contributed by atoms with Crippen LogP contribution < -0.4 is 4.74 Å². The highest BCUT2D eigenvalue weighted by atomic mass is 16.5. The number of likely N-dealkylation sites (tertiary alicyclic amines) is 1. The van der Waals surface area contributed by atoms with Crippen molar-refractivity contribution >= 4 is 17.7 Å². The van der Waals surface area contributed by atoms with Gasteiger partial charge < -0.3 is 14.7 Å². The van der Waals surface area contributed by atoms with E-state index in [2.05, 4.69) is 0 Å². The molecule has 136 valence electrons. The Morgan fingerprint density at radius 3 is 2.32 bits per heavy atom. The summed E-state index contributed by atoms with van der Waals surface area (Å²) in [6, 6.07) is 6.77. The van der Waals surface area contributed by atoms with Gasteiger partial charge in [0, 0.05) is 31.5 Å². The zero-order valence-corrected chi connectivity index (χ0v) is 14.9. The van der Waals surface area contributed by atoms with Crippen LogP contribution in [0.5, 0.6) is 5.75 Å². The molecule has 1 aromatic rings. The zero-order valence-electron chi connectivity index (χ0n) is 14.9. The maximum atomic E-state index is 12.4. The van der Waals surface area contributed by atoms with E-state index in [1.165, 1.54) is 0 Å². The Morgan fingerprint density at radius 2 is 1.84 bits per heavy atom. The molecule has 0 radical (unpaired) electrons. The number of carbonyl (C=O) groups excluding carboxylic acids is 2. The second kappa shape index (κ2) is 7.68. The molecule has 1 atom stereocenters. The molecule has 1 aliphatic rings. The van der Waals surface area contributed by atoms with Crippen molar-refractivity contribution in [2.24, 2.45) is 11.3 Å². The zero-order chi connectivity index (χ0) is 18.6. The lowest BCUT2D eigenvalue weighted by molar-refractivity contribution is -0.151. The number of amides is 1. The van der Waals surface area contributed by atoms with Crippen LogP contribution in [-0.4, -0.2) is 47.9 Å². The van der Waals surface area contributed by atoms with E-state index >= 15 is 0 Å². The molecule has 1 saturated heterocycles. The average Bonchev–Trinajstić information content (AvgIpc) is 3.06. The van der Waals surface area contributed by atoms with Crippen LogP contribution in [-0.2, 0) is 9.59 Å². The number of ether oxygens (including phenoxy) is 1. The van der Waals surface area contributed by atoms with Gasteiger partial charge in [0.2, 0.25) is 5.91 Å². The van der Waals surface area contributed by atoms with Crippen molar-refractivity contribution in [2.75, 3.05) is 20.2 Å². The predicted molar refractivity (Wildman–Crippen MR) is 92.7 cm³/mol. The third-order valence-corrected chi connectivity index (χ3v) is 5.16. The highest BCUT2D eigenvalue weighted by Crippen LogP contribution is 2.38. The van der Waals surface area contributed by atoms with Crippen LogP contribution in [0.4, 0.5) is 0 Å². The van der Waals surface area contributed by atoms with Crippen molar-refractivity contribution in [3.05, 3.63) is 29.8 Å². The summed E-state index contributed by atoms with van der Waals surface area (Å²) >= 11 is 0. The lowest BCUT2D eigenvalue weighted by Crippen LogP contribution is -2.40. The molecule has 1 aliphatic heterocycles. The number of carboxylic acids is 1. The fourth-order valence-corrected chi connectivity index (χ4v) is 3.24. The lowest BCUT2D eigenvalue weighted by atomic mass is 9.76. The van der Waals surface area contributed by atoms with Gasteiger partial charge in [-0.3, -0.25) is 14.4 Å². The standard InChI is InChI=1S/C19H25NO5/c1-13(2)19(18(23)24)10-11-20(12-19)17(22)9-8-16(21)14-4-6-15(25-3)7-5-14/h4-7,13H,8-12H2,1-3H3,(H,23,24). The summed E-state index contributed by atoms with van der Waals surface area (Å²) in [6.07, 6.45) is 0.667. The third-order valence-electron chi connectivity index (χ3n) is 5.16. The average molecular weight is 347 g/mol. The minimum atomic E-state index is -0.879. The number of benzene rings is 1. The summed E-state index contributed by atoms with van der Waals surface area (Å²) in [4.78, 5) is 37.8. The number of carboxylic acid groups (broad SMARTS) is 1. The molecule has 1 heterocycles. The lowest BCUT2D eigenvalue weighted by Gasteiger charge is -2.28. The van der Waals surface area contributed by atoms with Crippen molar-refractivity contribution in [3.8, 4) is 5.75 Å². The van der Waals surface area contributed by atoms with Gasteiger partial charge in [-0.2, -0.15) is 0 Å². The van der Waals surface area contributed by atoms with Gasteiger partial charge in [0.15, 0.2) is 5.78 Å². The summed E-state index contributed by atoms with van der Waals surface area (Å²) < 4.78 is 5.05. The molecule has 25 heavy (non-hydrogen) atoms. The molecule has 1 amide bonds. The first kappa shape index (κ1) is 19.0. The quantitative estimate of drug-likeness (QED) is 0.767. The number of carbonyl (C=O) groups is 3. The van der Waals surface area contributed by atoms with Crippen LogP contribution in [0.15, 0.2) is 24.3 Å². The maximum absolute atomic E-state index is 12.4. The molecule has 1 unspecified atom stereocenters. The summed E-state index contributed by atoms with van der Waals surface area (Å²) in [7, 11) is 1.56. The second-order valence-electron chi connectivity index (χ2n) is 6.83. The number of hydrogen-bond acceptors (Lipinski definition) is 4. The molecule has 0 spiro atoms. The van der Waals surface area contributed by atoms with Crippen LogP contribution >= 0.6 is 0 Å². The number of nitrogens with zero attached hydrogens (tertiary/aromatic N) is 1. The van der Waals surface area contributed by atoms with Crippen molar-refractivity contribution in [1.29, 1.82) is 0 Å². The summed E-state index contributed by atoms with van der Waals surface area (Å²) in [5.74, 6) is -0.506. The summed E-state index contributed by atoms with van der Waals surface area (Å²) in [5, 5.41) is 9.54. The Kier molecular flexibility index (Phi) is 5.82. The van der Waals surface area contributed by atoms with Crippen LogP contribution in [0.3, 0.4) is 0 Å². The number of aliphatic carboxylic acids is 1. The molecule has 2 rings (SSSR count). The molecule has 1 N–H and O–H groups in total.